The molecular weight excluding hydrogens is 235 g/mol. The third kappa shape index (κ3) is 3.84. The lowest BCUT2D eigenvalue weighted by molar-refractivity contribution is -0.122. The van der Waals surface area contributed by atoms with Crippen LogP contribution in [0.2, 0.25) is 0 Å². The number of rotatable bonds is 5. The predicted octanol–water partition coefficient (Wildman–Crippen LogP) is 1.47. The minimum Gasteiger partial charge on any atom is -0.354 e. The van der Waals surface area contributed by atoms with Crippen LogP contribution in [0.5, 0.6) is 0 Å². The summed E-state index contributed by atoms with van der Waals surface area (Å²) in [6, 6.07) is 4.96. The van der Waals surface area contributed by atoms with E-state index in [1.54, 1.807) is 13.0 Å². The minimum absolute atomic E-state index is 0.0624. The Kier molecular flexibility index (Phi) is 5.30. The molecule has 0 saturated heterocycles. The standard InChI is InChI=1S/C13H17FN2O2/c1-3-8-15-12(17)9(2)16-13(18)10-6-4-5-7-11(10)14/h4-7,9H,3,8H2,1-2H3,(H,15,17)(H,16,18). The van der Waals surface area contributed by atoms with Crippen molar-refractivity contribution >= 4 is 11.8 Å². The number of carbonyl (C=O) groups is 2. The first-order valence-electron chi connectivity index (χ1n) is 5.89. The lowest BCUT2D eigenvalue weighted by Gasteiger charge is -2.14. The molecule has 0 bridgehead atoms. The van der Waals surface area contributed by atoms with Gasteiger partial charge in [0.25, 0.3) is 5.91 Å². The summed E-state index contributed by atoms with van der Waals surface area (Å²) in [6.07, 6.45) is 0.819. The maximum Gasteiger partial charge on any atom is 0.254 e. The van der Waals surface area contributed by atoms with Gasteiger partial charge in [0.05, 0.1) is 5.56 Å². The zero-order valence-corrected chi connectivity index (χ0v) is 10.5. The zero-order valence-electron chi connectivity index (χ0n) is 10.5. The number of amides is 2. The van der Waals surface area contributed by atoms with Gasteiger partial charge in [0.15, 0.2) is 0 Å². The van der Waals surface area contributed by atoms with Crippen molar-refractivity contribution in [3.8, 4) is 0 Å². The number of hydrogen-bond donors (Lipinski definition) is 2. The van der Waals surface area contributed by atoms with Crippen molar-refractivity contribution in [2.45, 2.75) is 26.3 Å². The average Bonchev–Trinajstić information content (AvgIpc) is 2.36. The Hall–Kier alpha value is -1.91. The third-order valence-corrected chi connectivity index (χ3v) is 2.41. The summed E-state index contributed by atoms with van der Waals surface area (Å²) < 4.78 is 13.3. The maximum absolute atomic E-state index is 13.3. The number of carbonyl (C=O) groups excluding carboxylic acids is 2. The fraction of sp³-hybridized carbons (Fsp3) is 0.385. The van der Waals surface area contributed by atoms with Crippen LogP contribution in [0.1, 0.15) is 30.6 Å². The molecule has 1 aromatic carbocycles. The highest BCUT2D eigenvalue weighted by atomic mass is 19.1. The van der Waals surface area contributed by atoms with Crippen LogP contribution in [0.3, 0.4) is 0 Å². The van der Waals surface area contributed by atoms with Gasteiger partial charge < -0.3 is 10.6 Å². The van der Waals surface area contributed by atoms with Gasteiger partial charge in [0.1, 0.15) is 11.9 Å². The van der Waals surface area contributed by atoms with Gasteiger partial charge in [-0.05, 0) is 25.5 Å². The van der Waals surface area contributed by atoms with Crippen molar-refractivity contribution in [1.82, 2.24) is 10.6 Å². The van der Waals surface area contributed by atoms with Crippen LogP contribution in [0.15, 0.2) is 24.3 Å². The van der Waals surface area contributed by atoms with E-state index >= 15 is 0 Å². The van der Waals surface area contributed by atoms with Crippen molar-refractivity contribution in [2.24, 2.45) is 0 Å². The summed E-state index contributed by atoms with van der Waals surface area (Å²) in [5, 5.41) is 5.11. The molecule has 0 radical (unpaired) electrons. The minimum atomic E-state index is -0.691. The van der Waals surface area contributed by atoms with Crippen molar-refractivity contribution in [3.05, 3.63) is 35.6 Å². The Morgan fingerprint density at radius 1 is 1.33 bits per heavy atom. The molecule has 98 valence electrons. The maximum atomic E-state index is 13.3. The van der Waals surface area contributed by atoms with Crippen molar-refractivity contribution in [2.75, 3.05) is 6.54 Å². The number of halogens is 1. The summed E-state index contributed by atoms with van der Waals surface area (Å²) in [4.78, 5) is 23.3. The van der Waals surface area contributed by atoms with E-state index in [9.17, 15) is 14.0 Å². The van der Waals surface area contributed by atoms with Crippen LogP contribution in [-0.4, -0.2) is 24.4 Å². The summed E-state index contributed by atoms with van der Waals surface area (Å²) in [5.41, 5.74) is -0.0624. The highest BCUT2D eigenvalue weighted by Crippen LogP contribution is 2.06. The van der Waals surface area contributed by atoms with Gasteiger partial charge in [0, 0.05) is 6.54 Å². The summed E-state index contributed by atoms with van der Waals surface area (Å²) >= 11 is 0. The van der Waals surface area contributed by atoms with E-state index in [1.807, 2.05) is 6.92 Å². The van der Waals surface area contributed by atoms with Crippen LogP contribution in [0, 0.1) is 5.82 Å². The monoisotopic (exact) mass is 252 g/mol. The van der Waals surface area contributed by atoms with E-state index < -0.39 is 17.8 Å². The molecule has 0 aliphatic carbocycles. The first-order chi connectivity index (χ1) is 8.56. The fourth-order valence-corrected chi connectivity index (χ4v) is 1.39. The molecule has 5 heteroatoms. The third-order valence-electron chi connectivity index (χ3n) is 2.41. The Labute approximate surface area is 106 Å². The van der Waals surface area contributed by atoms with Crippen LogP contribution in [0.4, 0.5) is 4.39 Å². The van der Waals surface area contributed by atoms with Gasteiger partial charge in [-0.3, -0.25) is 9.59 Å². The molecule has 0 heterocycles. The fourth-order valence-electron chi connectivity index (χ4n) is 1.39. The number of benzene rings is 1. The molecule has 0 saturated carbocycles. The molecule has 0 aliphatic rings. The molecule has 0 spiro atoms. The Morgan fingerprint density at radius 2 is 2.00 bits per heavy atom. The first kappa shape index (κ1) is 14.2. The van der Waals surface area contributed by atoms with Gasteiger partial charge in [-0.2, -0.15) is 0 Å². The van der Waals surface area contributed by atoms with E-state index in [0.717, 1.165) is 6.42 Å². The second-order valence-electron chi connectivity index (χ2n) is 3.97. The number of nitrogens with one attached hydrogen (secondary N) is 2. The Bertz CT molecular complexity index is 435. The normalized spacial score (nSPS) is 11.7. The van der Waals surface area contributed by atoms with E-state index in [2.05, 4.69) is 10.6 Å². The molecule has 2 N–H and O–H groups in total. The number of hydrogen-bond acceptors (Lipinski definition) is 2. The first-order valence-corrected chi connectivity index (χ1v) is 5.89. The molecule has 0 fully saturated rings. The topological polar surface area (TPSA) is 58.2 Å². The molecule has 1 aromatic rings. The Balaban J connectivity index is 2.60. The molecular formula is C13H17FN2O2. The zero-order chi connectivity index (χ0) is 13.5. The molecule has 1 rings (SSSR count). The smallest absolute Gasteiger partial charge is 0.254 e. The Morgan fingerprint density at radius 3 is 2.61 bits per heavy atom. The van der Waals surface area contributed by atoms with Crippen LogP contribution in [-0.2, 0) is 4.79 Å². The molecule has 1 unspecified atom stereocenters. The molecule has 1 atom stereocenters. The van der Waals surface area contributed by atoms with Crippen molar-refractivity contribution < 1.29 is 14.0 Å². The molecule has 0 aliphatic heterocycles. The van der Waals surface area contributed by atoms with Crippen molar-refractivity contribution in [3.63, 3.8) is 0 Å². The summed E-state index contributed by atoms with van der Waals surface area (Å²) in [7, 11) is 0. The lowest BCUT2D eigenvalue weighted by atomic mass is 10.2. The van der Waals surface area contributed by atoms with Crippen molar-refractivity contribution in [1.29, 1.82) is 0 Å². The quantitative estimate of drug-likeness (QED) is 0.833. The van der Waals surface area contributed by atoms with Crippen LogP contribution in [0.25, 0.3) is 0 Å². The largest absolute Gasteiger partial charge is 0.354 e. The molecule has 18 heavy (non-hydrogen) atoms. The van der Waals surface area contributed by atoms with Crippen LogP contribution >= 0.6 is 0 Å². The van der Waals surface area contributed by atoms with E-state index in [4.69, 9.17) is 0 Å². The highest BCUT2D eigenvalue weighted by Gasteiger charge is 2.17. The average molecular weight is 252 g/mol. The molecule has 0 aromatic heterocycles. The second-order valence-corrected chi connectivity index (χ2v) is 3.97. The van der Waals surface area contributed by atoms with E-state index in [1.165, 1.54) is 18.2 Å². The van der Waals surface area contributed by atoms with Gasteiger partial charge in [-0.15, -0.1) is 0 Å². The lowest BCUT2D eigenvalue weighted by Crippen LogP contribution is -2.45. The summed E-state index contributed by atoms with van der Waals surface area (Å²) in [5.74, 6) is -1.47. The summed E-state index contributed by atoms with van der Waals surface area (Å²) in [6.45, 7) is 4.05. The van der Waals surface area contributed by atoms with E-state index in [0.29, 0.717) is 6.54 Å². The van der Waals surface area contributed by atoms with E-state index in [-0.39, 0.29) is 11.5 Å². The second kappa shape index (κ2) is 6.74. The molecule has 4 nitrogen and oxygen atoms in total. The van der Waals surface area contributed by atoms with Gasteiger partial charge in [-0.1, -0.05) is 19.1 Å². The van der Waals surface area contributed by atoms with Gasteiger partial charge >= 0.3 is 0 Å². The van der Waals surface area contributed by atoms with Gasteiger partial charge in [-0.25, -0.2) is 4.39 Å². The SMILES string of the molecule is CCCNC(=O)C(C)NC(=O)c1ccccc1F. The molecule has 2 amide bonds. The van der Waals surface area contributed by atoms with Crippen LogP contribution < -0.4 is 10.6 Å². The van der Waals surface area contributed by atoms with Gasteiger partial charge in [0.2, 0.25) is 5.91 Å². The highest BCUT2D eigenvalue weighted by molar-refractivity contribution is 5.97. The predicted molar refractivity (Wildman–Crippen MR) is 66.6 cm³/mol.